The van der Waals surface area contributed by atoms with E-state index in [-0.39, 0.29) is 6.42 Å². The predicted molar refractivity (Wildman–Crippen MR) is 73.0 cm³/mol. The summed E-state index contributed by atoms with van der Waals surface area (Å²) in [6, 6.07) is 3.45. The zero-order valence-corrected chi connectivity index (χ0v) is 11.3. The molecule has 2 N–H and O–H groups in total. The number of alkyl halides is 2. The molecule has 0 aliphatic heterocycles. The first kappa shape index (κ1) is 14.0. The molecule has 0 bridgehead atoms. The Labute approximate surface area is 112 Å². The Morgan fingerprint density at radius 3 is 2.79 bits per heavy atom. The largest absolute Gasteiger partial charge is 0.399 e. The number of hydrogen-bond donors (Lipinski definition) is 1. The molecule has 1 atom stereocenters. The fraction of sp³-hybridized carbons (Fsp3) is 0.533. The van der Waals surface area contributed by atoms with Crippen LogP contribution < -0.4 is 5.73 Å². The van der Waals surface area contributed by atoms with Crippen molar-refractivity contribution in [1.82, 2.24) is 4.98 Å². The zero-order chi connectivity index (χ0) is 14.0. The Morgan fingerprint density at radius 2 is 2.21 bits per heavy atom. The zero-order valence-electron chi connectivity index (χ0n) is 11.3. The molecule has 0 radical (unpaired) electrons. The minimum absolute atomic E-state index is 0.0356. The van der Waals surface area contributed by atoms with Crippen molar-refractivity contribution in [2.75, 3.05) is 0 Å². The van der Waals surface area contributed by atoms with E-state index in [0.717, 1.165) is 17.7 Å². The van der Waals surface area contributed by atoms with Gasteiger partial charge in [-0.05, 0) is 31.4 Å². The molecule has 4 heteroatoms. The summed E-state index contributed by atoms with van der Waals surface area (Å²) >= 11 is 0. The molecule has 0 spiro atoms. The number of aromatic nitrogens is 1. The van der Waals surface area contributed by atoms with Crippen molar-refractivity contribution in [1.29, 1.82) is 0 Å². The predicted octanol–water partition coefficient (Wildman–Crippen LogP) is 3.87. The lowest BCUT2D eigenvalue weighted by molar-refractivity contribution is -0.0559. The van der Waals surface area contributed by atoms with E-state index < -0.39 is 11.8 Å². The third-order valence-electron chi connectivity index (χ3n) is 3.80. The van der Waals surface area contributed by atoms with Crippen molar-refractivity contribution in [2.24, 2.45) is 5.73 Å². The lowest BCUT2D eigenvalue weighted by Gasteiger charge is -2.31. The molecular weight excluding hydrogens is 246 g/mol. The first-order chi connectivity index (χ1) is 8.95. The molecule has 0 amide bonds. The van der Waals surface area contributed by atoms with Crippen LogP contribution in [0.1, 0.15) is 55.5 Å². The monoisotopic (exact) mass is 266 g/mol. The minimum Gasteiger partial charge on any atom is -0.399 e. The number of halogens is 2. The summed E-state index contributed by atoms with van der Waals surface area (Å²) in [5, 5.41) is 0. The first-order valence-electron chi connectivity index (χ1n) is 6.78. The van der Waals surface area contributed by atoms with Gasteiger partial charge in [-0.3, -0.25) is 4.98 Å². The van der Waals surface area contributed by atoms with Crippen molar-refractivity contribution in [3.05, 3.63) is 35.7 Å². The van der Waals surface area contributed by atoms with E-state index in [2.05, 4.69) is 11.6 Å². The second-order valence-electron chi connectivity index (χ2n) is 5.17. The second-order valence-corrected chi connectivity index (χ2v) is 5.17. The quantitative estimate of drug-likeness (QED) is 0.902. The summed E-state index contributed by atoms with van der Waals surface area (Å²) in [6.07, 6.45) is 2.58. The number of pyridine rings is 1. The Hall–Kier alpha value is -1.45. The van der Waals surface area contributed by atoms with Gasteiger partial charge in [-0.25, -0.2) is 8.78 Å². The van der Waals surface area contributed by atoms with E-state index in [1.165, 1.54) is 0 Å². The van der Waals surface area contributed by atoms with Gasteiger partial charge in [-0.15, -0.1) is 0 Å². The molecule has 1 aliphatic carbocycles. The molecule has 1 unspecified atom stereocenters. The highest BCUT2D eigenvalue weighted by atomic mass is 19.3. The van der Waals surface area contributed by atoms with Crippen molar-refractivity contribution in [3.63, 3.8) is 0 Å². The summed E-state index contributed by atoms with van der Waals surface area (Å²) in [7, 11) is 0. The van der Waals surface area contributed by atoms with E-state index in [0.29, 0.717) is 30.7 Å². The van der Waals surface area contributed by atoms with Crippen molar-refractivity contribution in [3.8, 4) is 0 Å². The molecule has 1 aromatic rings. The fourth-order valence-corrected chi connectivity index (χ4v) is 2.73. The maximum atomic E-state index is 14.0. The van der Waals surface area contributed by atoms with E-state index in [9.17, 15) is 8.78 Å². The van der Waals surface area contributed by atoms with Crippen LogP contribution in [0.2, 0.25) is 0 Å². The summed E-state index contributed by atoms with van der Waals surface area (Å²) in [6.45, 7) is 5.64. The highest BCUT2D eigenvalue weighted by Crippen LogP contribution is 2.44. The van der Waals surface area contributed by atoms with Crippen LogP contribution in [0.5, 0.6) is 0 Å². The van der Waals surface area contributed by atoms with Crippen LogP contribution in [0.4, 0.5) is 8.78 Å². The number of nitrogens with two attached hydrogens (primary N) is 1. The van der Waals surface area contributed by atoms with Gasteiger partial charge in [0.1, 0.15) is 0 Å². The lowest BCUT2D eigenvalue weighted by atomic mass is 9.83. The second kappa shape index (κ2) is 5.27. The van der Waals surface area contributed by atoms with Crippen molar-refractivity contribution in [2.45, 2.75) is 50.9 Å². The Kier molecular flexibility index (Phi) is 3.88. The van der Waals surface area contributed by atoms with Gasteiger partial charge in [0.25, 0.3) is 5.92 Å². The molecule has 1 heterocycles. The number of hydrogen-bond acceptors (Lipinski definition) is 2. The molecule has 2 rings (SSSR count). The summed E-state index contributed by atoms with van der Waals surface area (Å²) in [4.78, 5) is 4.41. The van der Waals surface area contributed by atoms with Crippen LogP contribution in [0.3, 0.4) is 0 Å². The van der Waals surface area contributed by atoms with Gasteiger partial charge in [-0.1, -0.05) is 19.9 Å². The van der Waals surface area contributed by atoms with E-state index in [4.69, 9.17) is 5.73 Å². The van der Waals surface area contributed by atoms with Gasteiger partial charge in [0.2, 0.25) is 0 Å². The molecule has 19 heavy (non-hydrogen) atoms. The van der Waals surface area contributed by atoms with Crippen LogP contribution in [0, 0.1) is 0 Å². The van der Waals surface area contributed by atoms with Crippen LogP contribution in [0.15, 0.2) is 18.7 Å². The van der Waals surface area contributed by atoms with E-state index >= 15 is 0 Å². The Bertz CT molecular complexity index is 483. The molecular formula is C15H20F2N2. The topological polar surface area (TPSA) is 38.9 Å². The molecule has 1 aliphatic rings. The average Bonchev–Trinajstić information content (AvgIpc) is 2.37. The van der Waals surface area contributed by atoms with Gasteiger partial charge in [0, 0.05) is 29.1 Å². The number of rotatable bonds is 3. The van der Waals surface area contributed by atoms with Gasteiger partial charge in [0.05, 0.1) is 5.92 Å². The number of nitrogens with zero attached hydrogens (tertiary/aromatic N) is 1. The van der Waals surface area contributed by atoms with Crippen molar-refractivity contribution < 1.29 is 8.78 Å². The molecule has 1 fully saturated rings. The van der Waals surface area contributed by atoms with Crippen molar-refractivity contribution >= 4 is 5.70 Å². The Morgan fingerprint density at radius 1 is 1.47 bits per heavy atom. The smallest absolute Gasteiger partial charge is 0.256 e. The van der Waals surface area contributed by atoms with Crippen LogP contribution in [0.25, 0.3) is 5.70 Å². The van der Waals surface area contributed by atoms with Gasteiger partial charge in [0.15, 0.2) is 0 Å². The third kappa shape index (κ3) is 2.77. The number of aryl methyl sites for hydroxylation is 1. The standard InChI is InChI=1S/C15H20F2N2/c1-3-13-11(10(2)18)7-8-14(19-13)12-6-4-5-9-15(12,16)17/h7-8,12H,2-6,9,18H2,1H3. The van der Waals surface area contributed by atoms with Gasteiger partial charge in [-0.2, -0.15) is 0 Å². The van der Waals surface area contributed by atoms with Crippen LogP contribution >= 0.6 is 0 Å². The van der Waals surface area contributed by atoms with Gasteiger partial charge >= 0.3 is 0 Å². The maximum absolute atomic E-state index is 14.0. The molecule has 0 saturated heterocycles. The van der Waals surface area contributed by atoms with Crippen LogP contribution in [-0.2, 0) is 6.42 Å². The highest BCUT2D eigenvalue weighted by molar-refractivity contribution is 5.62. The van der Waals surface area contributed by atoms with E-state index in [1.807, 2.05) is 6.92 Å². The maximum Gasteiger partial charge on any atom is 0.256 e. The molecule has 1 saturated carbocycles. The third-order valence-corrected chi connectivity index (χ3v) is 3.80. The average molecular weight is 266 g/mol. The van der Waals surface area contributed by atoms with E-state index in [1.54, 1.807) is 12.1 Å². The fourth-order valence-electron chi connectivity index (χ4n) is 2.73. The molecule has 2 nitrogen and oxygen atoms in total. The lowest BCUT2D eigenvalue weighted by Crippen LogP contribution is -2.30. The molecule has 0 aromatic carbocycles. The first-order valence-corrected chi connectivity index (χ1v) is 6.78. The summed E-state index contributed by atoms with van der Waals surface area (Å²) in [5.74, 6) is -3.40. The minimum atomic E-state index is -2.64. The highest BCUT2D eigenvalue weighted by Gasteiger charge is 2.43. The SMILES string of the molecule is C=C(N)c1ccc(C2CCCCC2(F)F)nc1CC. The molecule has 104 valence electrons. The summed E-state index contributed by atoms with van der Waals surface area (Å²) in [5.41, 5.74) is 8.14. The van der Waals surface area contributed by atoms with Crippen LogP contribution in [-0.4, -0.2) is 10.9 Å². The summed E-state index contributed by atoms with van der Waals surface area (Å²) < 4.78 is 27.9. The Balaban J connectivity index is 2.37. The van der Waals surface area contributed by atoms with Gasteiger partial charge < -0.3 is 5.73 Å². The molecule has 1 aromatic heterocycles. The normalized spacial score (nSPS) is 22.2.